The summed E-state index contributed by atoms with van der Waals surface area (Å²) >= 11 is 0. The highest BCUT2D eigenvalue weighted by atomic mass is 32.2. The van der Waals surface area contributed by atoms with Crippen LogP contribution in [-0.4, -0.2) is 34.5 Å². The van der Waals surface area contributed by atoms with E-state index >= 15 is 0 Å². The van der Waals surface area contributed by atoms with Crippen molar-refractivity contribution in [2.45, 2.75) is 44.4 Å². The van der Waals surface area contributed by atoms with Crippen LogP contribution in [0, 0.1) is 0 Å². The Morgan fingerprint density at radius 2 is 2.28 bits per heavy atom. The van der Waals surface area contributed by atoms with Crippen LogP contribution < -0.4 is 0 Å². The minimum absolute atomic E-state index is 0.141. The monoisotopic (exact) mass is 269 g/mol. The first-order valence-corrected chi connectivity index (χ1v) is 7.84. The quantitative estimate of drug-likeness (QED) is 0.835. The molecule has 1 aliphatic heterocycles. The van der Waals surface area contributed by atoms with Gasteiger partial charge in [0, 0.05) is 18.9 Å². The summed E-state index contributed by atoms with van der Waals surface area (Å²) in [7, 11) is -3.22. The number of nitrogens with zero attached hydrogens (tertiary/aromatic N) is 3. The van der Waals surface area contributed by atoms with Gasteiger partial charge in [0.15, 0.2) is 0 Å². The maximum atomic E-state index is 12.4. The largest absolute Gasteiger partial charge is 0.261 e. The molecule has 100 valence electrons. The molecule has 0 unspecified atom stereocenters. The second-order valence-corrected chi connectivity index (χ2v) is 6.97. The molecule has 0 radical (unpaired) electrons. The zero-order valence-electron chi connectivity index (χ0n) is 10.8. The number of sulfonamides is 1. The average Bonchev–Trinajstić information content (AvgIpc) is 2.88. The van der Waals surface area contributed by atoms with E-state index in [1.807, 2.05) is 6.92 Å². The Labute approximate surface area is 108 Å². The van der Waals surface area contributed by atoms with Gasteiger partial charge in [0.1, 0.15) is 0 Å². The van der Waals surface area contributed by atoms with Crippen LogP contribution in [0.15, 0.2) is 18.6 Å². The van der Waals surface area contributed by atoms with Crippen molar-refractivity contribution in [3.8, 4) is 0 Å². The zero-order chi connectivity index (χ0) is 13.2. The molecule has 0 N–H and O–H groups in total. The fraction of sp³-hybridized carbons (Fsp3) is 0.667. The van der Waals surface area contributed by atoms with Gasteiger partial charge in [0.25, 0.3) is 0 Å². The lowest BCUT2D eigenvalue weighted by molar-refractivity contribution is 0.383. The summed E-state index contributed by atoms with van der Waals surface area (Å²) in [5, 5.41) is -0.338. The van der Waals surface area contributed by atoms with Gasteiger partial charge in [-0.2, -0.15) is 4.31 Å². The Hall–Kier alpha value is -1.01. The molecule has 2 atom stereocenters. The number of hydrogen-bond acceptors (Lipinski definition) is 4. The van der Waals surface area contributed by atoms with E-state index in [0.717, 1.165) is 18.5 Å². The molecule has 6 heteroatoms. The smallest absolute Gasteiger partial charge is 0.217 e. The van der Waals surface area contributed by atoms with Gasteiger partial charge in [-0.3, -0.25) is 9.97 Å². The van der Waals surface area contributed by atoms with Crippen molar-refractivity contribution in [2.75, 3.05) is 6.54 Å². The van der Waals surface area contributed by atoms with E-state index in [4.69, 9.17) is 0 Å². The van der Waals surface area contributed by atoms with Gasteiger partial charge in [-0.1, -0.05) is 6.92 Å². The predicted octanol–water partition coefficient (Wildman–Crippen LogP) is 1.74. The minimum Gasteiger partial charge on any atom is -0.261 e. The first kappa shape index (κ1) is 13.4. The summed E-state index contributed by atoms with van der Waals surface area (Å²) in [4.78, 5) is 8.27. The van der Waals surface area contributed by atoms with Gasteiger partial charge in [-0.25, -0.2) is 8.42 Å². The molecule has 0 aromatic carbocycles. The van der Waals surface area contributed by atoms with Crippen LogP contribution in [0.4, 0.5) is 0 Å². The highest BCUT2D eigenvalue weighted by Crippen LogP contribution is 2.34. The second kappa shape index (κ2) is 5.32. The molecular formula is C12H19N3O2S. The van der Waals surface area contributed by atoms with Crippen molar-refractivity contribution in [1.82, 2.24) is 14.3 Å². The second-order valence-electron chi connectivity index (χ2n) is 4.66. The van der Waals surface area contributed by atoms with Gasteiger partial charge < -0.3 is 0 Å². The first-order chi connectivity index (χ1) is 8.57. The van der Waals surface area contributed by atoms with E-state index in [1.54, 1.807) is 29.8 Å². The molecule has 1 aromatic heterocycles. The van der Waals surface area contributed by atoms with Crippen LogP contribution in [0.25, 0.3) is 0 Å². The number of aromatic nitrogens is 2. The molecule has 2 heterocycles. The van der Waals surface area contributed by atoms with E-state index in [9.17, 15) is 8.42 Å². The molecule has 1 fully saturated rings. The Morgan fingerprint density at radius 3 is 2.89 bits per heavy atom. The molecule has 1 aromatic rings. The molecule has 0 saturated carbocycles. The van der Waals surface area contributed by atoms with Crippen LogP contribution in [0.1, 0.15) is 44.8 Å². The molecule has 1 aliphatic rings. The molecule has 0 bridgehead atoms. The lowest BCUT2D eigenvalue weighted by atomic mass is 10.2. The SMILES string of the molecule is CC[C@H](C)S(=O)(=O)N1CCC[C@H]1c1cnccn1. The Balaban J connectivity index is 2.29. The number of rotatable bonds is 4. The van der Waals surface area contributed by atoms with Crippen molar-refractivity contribution >= 4 is 10.0 Å². The number of hydrogen-bond donors (Lipinski definition) is 0. The molecule has 0 amide bonds. The van der Waals surface area contributed by atoms with Crippen LogP contribution >= 0.6 is 0 Å². The van der Waals surface area contributed by atoms with Crippen molar-refractivity contribution in [3.63, 3.8) is 0 Å². The summed E-state index contributed by atoms with van der Waals surface area (Å²) in [6.07, 6.45) is 7.22. The van der Waals surface area contributed by atoms with Gasteiger partial charge >= 0.3 is 0 Å². The molecule has 2 rings (SSSR count). The van der Waals surface area contributed by atoms with Crippen LogP contribution in [0.3, 0.4) is 0 Å². The summed E-state index contributed by atoms with van der Waals surface area (Å²) < 4.78 is 26.5. The van der Waals surface area contributed by atoms with Gasteiger partial charge in [-0.15, -0.1) is 0 Å². The molecular weight excluding hydrogens is 250 g/mol. The highest BCUT2D eigenvalue weighted by molar-refractivity contribution is 7.89. The lowest BCUT2D eigenvalue weighted by Gasteiger charge is -2.26. The third-order valence-corrected chi connectivity index (χ3v) is 5.98. The molecule has 5 nitrogen and oxygen atoms in total. The van der Waals surface area contributed by atoms with Crippen LogP contribution in [0.2, 0.25) is 0 Å². The predicted molar refractivity (Wildman–Crippen MR) is 69.4 cm³/mol. The van der Waals surface area contributed by atoms with E-state index < -0.39 is 10.0 Å². The van der Waals surface area contributed by atoms with Gasteiger partial charge in [-0.05, 0) is 26.2 Å². The summed E-state index contributed by atoms with van der Waals surface area (Å²) in [6, 6.07) is -0.141. The van der Waals surface area contributed by atoms with Crippen molar-refractivity contribution in [2.24, 2.45) is 0 Å². The maximum absolute atomic E-state index is 12.4. The minimum atomic E-state index is -3.22. The molecule has 0 aliphatic carbocycles. The van der Waals surface area contributed by atoms with Gasteiger partial charge in [0.2, 0.25) is 10.0 Å². The fourth-order valence-corrected chi connectivity index (χ4v) is 4.10. The lowest BCUT2D eigenvalue weighted by Crippen LogP contribution is -2.37. The van der Waals surface area contributed by atoms with Gasteiger partial charge in [0.05, 0.1) is 23.2 Å². The van der Waals surface area contributed by atoms with Crippen molar-refractivity contribution in [3.05, 3.63) is 24.3 Å². The summed E-state index contributed by atoms with van der Waals surface area (Å²) in [5.41, 5.74) is 0.752. The third kappa shape index (κ3) is 2.40. The summed E-state index contributed by atoms with van der Waals surface area (Å²) in [6.45, 7) is 4.25. The van der Waals surface area contributed by atoms with E-state index in [2.05, 4.69) is 9.97 Å². The van der Waals surface area contributed by atoms with Crippen LogP contribution in [-0.2, 0) is 10.0 Å². The van der Waals surface area contributed by atoms with E-state index in [-0.39, 0.29) is 11.3 Å². The van der Waals surface area contributed by atoms with Crippen molar-refractivity contribution in [1.29, 1.82) is 0 Å². The normalized spacial score (nSPS) is 23.1. The Kier molecular flexibility index (Phi) is 3.97. The topological polar surface area (TPSA) is 63.2 Å². The van der Waals surface area contributed by atoms with Crippen LogP contribution in [0.5, 0.6) is 0 Å². The standard InChI is InChI=1S/C12H19N3O2S/c1-3-10(2)18(16,17)15-8-4-5-12(15)11-9-13-6-7-14-11/h6-7,9-10,12H,3-5,8H2,1-2H3/t10-,12-/m0/s1. The fourth-order valence-electron chi connectivity index (χ4n) is 2.26. The molecule has 1 saturated heterocycles. The first-order valence-electron chi connectivity index (χ1n) is 6.34. The summed E-state index contributed by atoms with van der Waals surface area (Å²) in [5.74, 6) is 0. The third-order valence-electron chi connectivity index (χ3n) is 3.54. The highest BCUT2D eigenvalue weighted by Gasteiger charge is 2.38. The molecule has 0 spiro atoms. The average molecular weight is 269 g/mol. The zero-order valence-corrected chi connectivity index (χ0v) is 11.6. The van der Waals surface area contributed by atoms with Crippen molar-refractivity contribution < 1.29 is 8.42 Å². The van der Waals surface area contributed by atoms with E-state index in [0.29, 0.717) is 13.0 Å². The van der Waals surface area contributed by atoms with E-state index in [1.165, 1.54) is 0 Å². The Morgan fingerprint density at radius 1 is 1.50 bits per heavy atom. The maximum Gasteiger partial charge on any atom is 0.217 e. The Bertz CT molecular complexity index is 489. The molecule has 18 heavy (non-hydrogen) atoms.